The van der Waals surface area contributed by atoms with Crippen molar-refractivity contribution in [2.24, 2.45) is 0 Å². The van der Waals surface area contributed by atoms with Gasteiger partial charge in [-0.1, -0.05) is 242 Å². The van der Waals surface area contributed by atoms with Gasteiger partial charge in [0.25, 0.3) is 0 Å². The van der Waals surface area contributed by atoms with Gasteiger partial charge in [-0.05, 0) is 83.5 Å². The minimum Gasteiger partial charge on any atom is -0.394 e. The lowest BCUT2D eigenvalue weighted by molar-refractivity contribution is -0.303. The summed E-state index contributed by atoms with van der Waals surface area (Å²) >= 11 is 0. The minimum absolute atomic E-state index is 0.238. The average molecular weight is 1050 g/mol. The second-order valence-corrected chi connectivity index (χ2v) is 21.8. The van der Waals surface area contributed by atoms with Crippen LogP contribution in [-0.2, 0) is 14.3 Å². The van der Waals surface area contributed by atoms with Crippen molar-refractivity contribution < 1.29 is 50.0 Å². The van der Waals surface area contributed by atoms with Gasteiger partial charge < -0.3 is 50.5 Å². The van der Waals surface area contributed by atoms with Gasteiger partial charge in [-0.25, -0.2) is 0 Å². The van der Waals surface area contributed by atoms with E-state index in [1.54, 1.807) is 0 Å². The molecule has 0 aliphatic carbocycles. The smallest absolute Gasteiger partial charge is 0.249 e. The van der Waals surface area contributed by atoms with Gasteiger partial charge in [0.2, 0.25) is 5.91 Å². The Labute approximate surface area is 453 Å². The van der Waals surface area contributed by atoms with Crippen molar-refractivity contribution in [1.82, 2.24) is 5.32 Å². The summed E-state index contributed by atoms with van der Waals surface area (Å²) in [6.07, 6.45) is 54.6. The molecule has 0 aromatic heterocycles. The van der Waals surface area contributed by atoms with Crippen LogP contribution in [0.2, 0.25) is 0 Å². The van der Waals surface area contributed by atoms with Crippen LogP contribution >= 0.6 is 0 Å². The Morgan fingerprint density at radius 1 is 0.473 bits per heavy atom. The first-order valence-electron chi connectivity index (χ1n) is 31.0. The van der Waals surface area contributed by atoms with Crippen LogP contribution in [0.25, 0.3) is 0 Å². The van der Waals surface area contributed by atoms with Crippen LogP contribution in [0, 0.1) is 0 Å². The van der Waals surface area contributed by atoms with Gasteiger partial charge in [0.05, 0.1) is 25.4 Å². The number of aliphatic hydroxyl groups excluding tert-OH is 7. The van der Waals surface area contributed by atoms with Crippen molar-refractivity contribution in [1.29, 1.82) is 0 Å². The summed E-state index contributed by atoms with van der Waals surface area (Å²) in [6, 6.07) is -1.20. The summed E-state index contributed by atoms with van der Waals surface area (Å²) < 4.78 is 11.1. The second-order valence-electron chi connectivity index (χ2n) is 21.8. The minimum atomic E-state index is -1.68. The molecule has 9 unspecified atom stereocenters. The molecular formula is C63H117NO10. The van der Waals surface area contributed by atoms with E-state index in [9.17, 15) is 40.5 Å². The van der Waals surface area contributed by atoms with Gasteiger partial charge in [0.1, 0.15) is 36.6 Å². The van der Waals surface area contributed by atoms with E-state index in [0.717, 1.165) is 64.2 Å². The van der Waals surface area contributed by atoms with Gasteiger partial charge in [-0.2, -0.15) is 0 Å². The first-order chi connectivity index (χ1) is 36.2. The van der Waals surface area contributed by atoms with E-state index >= 15 is 0 Å². The number of rotatable bonds is 53. The van der Waals surface area contributed by atoms with E-state index < -0.39 is 74.2 Å². The molecule has 1 aliphatic heterocycles. The number of nitrogens with one attached hydrogen (secondary N) is 1. The van der Waals surface area contributed by atoms with Gasteiger partial charge >= 0.3 is 0 Å². The average Bonchev–Trinajstić information content (AvgIpc) is 3.40. The van der Waals surface area contributed by atoms with Crippen LogP contribution in [0.5, 0.6) is 0 Å². The number of hydrogen-bond donors (Lipinski definition) is 8. The normalized spacial score (nSPS) is 20.1. The highest BCUT2D eigenvalue weighted by atomic mass is 16.7. The predicted octanol–water partition coefficient (Wildman–Crippen LogP) is 13.6. The number of ether oxygens (including phenoxy) is 2. The van der Waals surface area contributed by atoms with E-state index in [4.69, 9.17) is 9.47 Å². The number of aliphatic hydroxyl groups is 7. The van der Waals surface area contributed by atoms with Gasteiger partial charge in [-0.3, -0.25) is 4.79 Å². The molecule has 11 heteroatoms. The maximum atomic E-state index is 13.2. The van der Waals surface area contributed by atoms with E-state index in [0.29, 0.717) is 19.3 Å². The summed E-state index contributed by atoms with van der Waals surface area (Å²) in [6.45, 7) is 3.46. The first kappa shape index (κ1) is 70.1. The molecule has 0 saturated carbocycles. The highest BCUT2D eigenvalue weighted by molar-refractivity contribution is 5.80. The summed E-state index contributed by atoms with van der Waals surface area (Å²) in [4.78, 5) is 13.2. The number of amides is 1. The molecule has 8 N–H and O–H groups in total. The third-order valence-corrected chi connectivity index (χ3v) is 14.8. The second kappa shape index (κ2) is 51.8. The fraction of sp³-hybridized carbons (Fsp3) is 0.857. The van der Waals surface area contributed by atoms with E-state index in [-0.39, 0.29) is 12.8 Å². The van der Waals surface area contributed by atoms with Crippen LogP contribution in [-0.4, -0.2) is 110 Å². The van der Waals surface area contributed by atoms with Crippen LogP contribution in [0.15, 0.2) is 48.6 Å². The van der Waals surface area contributed by atoms with Crippen molar-refractivity contribution in [3.63, 3.8) is 0 Å². The molecule has 1 saturated heterocycles. The molecule has 1 rings (SSSR count). The Morgan fingerprint density at radius 3 is 1.28 bits per heavy atom. The quantitative estimate of drug-likeness (QED) is 0.0215. The Kier molecular flexibility index (Phi) is 49.1. The standard InChI is InChI=1S/C63H117NO10/c1-3-5-7-9-11-13-15-17-19-21-23-25-27-28-29-31-32-34-36-38-40-42-44-46-48-50-55(66)58(68)54(53-73-63-61(71)60(70)59(69)57(52-65)74-63)64-62(72)56(67)51-49-47-45-43-41-39-37-35-33-30-26-24-22-20-18-16-14-12-10-8-6-4-2/h24,26,33-36,42,44,54-61,63,65-71H,3-23,25,27-32,37-41,43,45-53H2,1-2H3,(H,64,72)/b26-24-,35-33-,36-34+,44-42+. The summed E-state index contributed by atoms with van der Waals surface area (Å²) in [5.41, 5.74) is 0. The molecule has 9 atom stereocenters. The maximum Gasteiger partial charge on any atom is 0.249 e. The molecular weight excluding hydrogens is 931 g/mol. The SMILES string of the molecule is CCCCCCCCCCC/C=C\C/C=C\CCCCCCCCC(O)C(=O)NC(COC1OC(CO)C(O)C(O)C1O)C(O)C(O)CCC/C=C/CC/C=C/CCCCCCCCCCCCCCCCCC. The van der Waals surface area contributed by atoms with Crippen LogP contribution in [0.1, 0.15) is 277 Å². The van der Waals surface area contributed by atoms with Gasteiger partial charge in [0.15, 0.2) is 6.29 Å². The molecule has 74 heavy (non-hydrogen) atoms. The molecule has 0 spiro atoms. The molecule has 434 valence electrons. The van der Waals surface area contributed by atoms with Crippen molar-refractivity contribution in [3.8, 4) is 0 Å². The Morgan fingerprint density at radius 2 is 0.851 bits per heavy atom. The number of carbonyl (C=O) groups excluding carboxylic acids is 1. The van der Waals surface area contributed by atoms with Crippen LogP contribution in [0.4, 0.5) is 0 Å². The fourth-order valence-corrected chi connectivity index (χ4v) is 9.78. The Hall–Kier alpha value is -1.93. The maximum absolute atomic E-state index is 13.2. The molecule has 0 aromatic rings. The molecule has 1 amide bonds. The highest BCUT2D eigenvalue weighted by Crippen LogP contribution is 2.23. The molecule has 0 bridgehead atoms. The zero-order valence-corrected chi connectivity index (χ0v) is 47.6. The van der Waals surface area contributed by atoms with Crippen molar-refractivity contribution >= 4 is 5.91 Å². The van der Waals surface area contributed by atoms with E-state index in [2.05, 4.69) is 67.8 Å². The number of carbonyl (C=O) groups is 1. The van der Waals surface area contributed by atoms with Crippen molar-refractivity contribution in [2.75, 3.05) is 13.2 Å². The molecule has 0 radical (unpaired) electrons. The van der Waals surface area contributed by atoms with E-state index in [1.165, 1.54) is 167 Å². The lowest BCUT2D eigenvalue weighted by atomic mass is 9.98. The summed E-state index contributed by atoms with van der Waals surface area (Å²) in [7, 11) is 0. The number of hydrogen-bond acceptors (Lipinski definition) is 10. The largest absolute Gasteiger partial charge is 0.394 e. The summed E-state index contributed by atoms with van der Waals surface area (Å²) in [5, 5.41) is 76.2. The number of allylic oxidation sites excluding steroid dienone is 8. The first-order valence-corrected chi connectivity index (χ1v) is 31.0. The molecule has 1 aliphatic rings. The molecule has 0 aromatic carbocycles. The zero-order chi connectivity index (χ0) is 54.0. The van der Waals surface area contributed by atoms with Crippen LogP contribution < -0.4 is 5.32 Å². The van der Waals surface area contributed by atoms with Crippen LogP contribution in [0.3, 0.4) is 0 Å². The molecule has 11 nitrogen and oxygen atoms in total. The van der Waals surface area contributed by atoms with Gasteiger partial charge in [-0.15, -0.1) is 0 Å². The third-order valence-electron chi connectivity index (χ3n) is 14.8. The Balaban J connectivity index is 2.33. The summed E-state index contributed by atoms with van der Waals surface area (Å²) in [5.74, 6) is -0.717. The molecule has 1 fully saturated rings. The predicted molar refractivity (Wildman–Crippen MR) is 307 cm³/mol. The number of unbranched alkanes of at least 4 members (excludes halogenated alkanes) is 33. The zero-order valence-electron chi connectivity index (χ0n) is 47.6. The molecule has 1 heterocycles. The monoisotopic (exact) mass is 1050 g/mol. The van der Waals surface area contributed by atoms with E-state index in [1.807, 2.05) is 0 Å². The van der Waals surface area contributed by atoms with Gasteiger partial charge in [0, 0.05) is 0 Å². The topological polar surface area (TPSA) is 189 Å². The fourth-order valence-electron chi connectivity index (χ4n) is 9.78. The van der Waals surface area contributed by atoms with Crippen molar-refractivity contribution in [3.05, 3.63) is 48.6 Å². The van der Waals surface area contributed by atoms with Crippen molar-refractivity contribution in [2.45, 2.75) is 332 Å². The Bertz CT molecular complexity index is 1340. The third kappa shape index (κ3) is 39.4. The lowest BCUT2D eigenvalue weighted by Gasteiger charge is -2.40. The lowest BCUT2D eigenvalue weighted by Crippen LogP contribution is -2.60. The highest BCUT2D eigenvalue weighted by Gasteiger charge is 2.44.